The first kappa shape index (κ1) is 22.9. The lowest BCUT2D eigenvalue weighted by molar-refractivity contribution is 0.102. The van der Waals surface area contributed by atoms with Crippen molar-refractivity contribution in [2.24, 2.45) is 4.99 Å². The minimum absolute atomic E-state index is 0.278. The van der Waals surface area contributed by atoms with Gasteiger partial charge in [0.05, 0.1) is 5.69 Å². The van der Waals surface area contributed by atoms with Gasteiger partial charge in [-0.2, -0.15) is 0 Å². The van der Waals surface area contributed by atoms with Crippen molar-refractivity contribution in [2.45, 2.75) is 39.0 Å². The van der Waals surface area contributed by atoms with Crippen LogP contribution in [0.3, 0.4) is 0 Å². The number of halogens is 1. The number of nitrogens with zero attached hydrogens (tertiary/aromatic N) is 2. The molecule has 1 amide bonds. The molecule has 2 aliphatic rings. The fourth-order valence-corrected chi connectivity index (χ4v) is 5.58. The van der Waals surface area contributed by atoms with Gasteiger partial charge in [-0.05, 0) is 85.7 Å². The van der Waals surface area contributed by atoms with E-state index in [-0.39, 0.29) is 5.91 Å². The summed E-state index contributed by atoms with van der Waals surface area (Å²) in [6.07, 6.45) is 5.23. The molecule has 1 N–H and O–H groups in total. The number of carbonyl (C=O) groups is 1. The minimum Gasteiger partial charge on any atom is -0.437 e. The summed E-state index contributed by atoms with van der Waals surface area (Å²) in [5.41, 5.74) is 8.09. The van der Waals surface area contributed by atoms with E-state index in [2.05, 4.69) is 35.3 Å². The maximum absolute atomic E-state index is 13.5. The lowest BCUT2D eigenvalue weighted by Gasteiger charge is -2.37. The van der Waals surface area contributed by atoms with Gasteiger partial charge >= 0.3 is 0 Å². The molecular weight excluding hydrogens is 470 g/mol. The van der Waals surface area contributed by atoms with Crippen molar-refractivity contribution >= 4 is 45.5 Å². The minimum atomic E-state index is -0.278. The van der Waals surface area contributed by atoms with Crippen molar-refractivity contribution in [2.75, 3.05) is 23.3 Å². The molecule has 0 atom stereocenters. The molecule has 0 bridgehead atoms. The van der Waals surface area contributed by atoms with Gasteiger partial charge < -0.3 is 14.6 Å². The number of hydrogen-bond donors (Lipinski definition) is 1. The van der Waals surface area contributed by atoms with E-state index in [1.165, 1.54) is 22.4 Å². The molecule has 0 saturated heterocycles. The fourth-order valence-electron chi connectivity index (χ4n) is 5.39. The number of aryl methyl sites for hydroxylation is 3. The van der Waals surface area contributed by atoms with Gasteiger partial charge in [-0.1, -0.05) is 36.7 Å². The molecule has 4 aromatic rings. The maximum atomic E-state index is 13.5. The first-order valence-corrected chi connectivity index (χ1v) is 13.0. The smallest absolute Gasteiger partial charge is 0.261 e. The molecule has 182 valence electrons. The normalized spacial score (nSPS) is 15.2. The second-order valence-corrected chi connectivity index (χ2v) is 9.97. The summed E-state index contributed by atoms with van der Waals surface area (Å²) >= 11 is 6.14. The van der Waals surface area contributed by atoms with E-state index in [1.807, 2.05) is 30.3 Å². The molecule has 0 spiro atoms. The third-order valence-electron chi connectivity index (χ3n) is 7.13. The molecule has 6 rings (SSSR count). The van der Waals surface area contributed by atoms with Crippen LogP contribution in [-0.4, -0.2) is 19.0 Å². The van der Waals surface area contributed by atoms with E-state index < -0.39 is 0 Å². The van der Waals surface area contributed by atoms with Gasteiger partial charge in [0.25, 0.3) is 5.91 Å². The highest BCUT2D eigenvalue weighted by Gasteiger charge is 2.27. The molecular formula is C30H28ClN3O2. The predicted molar refractivity (Wildman–Crippen MR) is 146 cm³/mol. The van der Waals surface area contributed by atoms with Gasteiger partial charge in [-0.15, -0.1) is 0 Å². The fraction of sp³-hybridized carbons (Fsp3) is 0.267. The van der Waals surface area contributed by atoms with Gasteiger partial charge in [0.1, 0.15) is 11.1 Å². The Kier molecular flexibility index (Phi) is 6.02. The molecule has 36 heavy (non-hydrogen) atoms. The number of amides is 1. The molecule has 6 heteroatoms. The number of rotatable bonds is 4. The number of nitrogens with one attached hydrogen (secondary N) is 1. The topological polar surface area (TPSA) is 57.8 Å². The van der Waals surface area contributed by atoms with E-state index in [0.29, 0.717) is 21.8 Å². The number of hydrogen-bond acceptors (Lipinski definition) is 4. The first-order valence-electron chi connectivity index (χ1n) is 12.7. The van der Waals surface area contributed by atoms with E-state index in [0.717, 1.165) is 61.9 Å². The molecule has 2 aliphatic heterocycles. The van der Waals surface area contributed by atoms with Crippen LogP contribution >= 0.6 is 11.6 Å². The maximum Gasteiger partial charge on any atom is 0.261 e. The Balaban J connectivity index is 1.54. The molecule has 3 heterocycles. The second-order valence-electron chi connectivity index (χ2n) is 9.54. The van der Waals surface area contributed by atoms with Gasteiger partial charge in [0.2, 0.25) is 5.55 Å². The number of fused-ring (bicyclic) bond motifs is 2. The zero-order chi connectivity index (χ0) is 24.6. The van der Waals surface area contributed by atoms with E-state index in [9.17, 15) is 4.79 Å². The second kappa shape index (κ2) is 9.47. The largest absolute Gasteiger partial charge is 0.437 e. The van der Waals surface area contributed by atoms with Crippen molar-refractivity contribution in [3.05, 3.63) is 93.5 Å². The molecule has 3 aromatic carbocycles. The predicted octanol–water partition coefficient (Wildman–Crippen LogP) is 6.83. The van der Waals surface area contributed by atoms with Crippen LogP contribution in [0.4, 0.5) is 17.1 Å². The van der Waals surface area contributed by atoms with E-state index in [1.54, 1.807) is 12.1 Å². The van der Waals surface area contributed by atoms with Gasteiger partial charge in [0.15, 0.2) is 0 Å². The average molecular weight is 498 g/mol. The molecule has 0 unspecified atom stereocenters. The van der Waals surface area contributed by atoms with Crippen LogP contribution in [0.15, 0.2) is 70.1 Å². The summed E-state index contributed by atoms with van der Waals surface area (Å²) in [4.78, 5) is 20.8. The average Bonchev–Trinajstić information content (AvgIpc) is 2.89. The van der Waals surface area contributed by atoms with Crippen LogP contribution in [0.25, 0.3) is 11.0 Å². The summed E-state index contributed by atoms with van der Waals surface area (Å²) < 4.78 is 6.53. The third-order valence-corrected chi connectivity index (χ3v) is 7.37. The SMILES string of the molecule is CCc1ccc(N=c2oc3c4c5c(cc3cc2C(=O)Nc2cccc(Cl)c2)CCCN5CCC4)cc1. The molecule has 1 aromatic heterocycles. The van der Waals surface area contributed by atoms with Crippen LogP contribution < -0.4 is 15.8 Å². The van der Waals surface area contributed by atoms with E-state index in [4.69, 9.17) is 21.0 Å². The van der Waals surface area contributed by atoms with Crippen LogP contribution in [0.2, 0.25) is 5.02 Å². The van der Waals surface area contributed by atoms with Gasteiger partial charge in [0, 0.05) is 40.4 Å². The molecule has 5 nitrogen and oxygen atoms in total. The van der Waals surface area contributed by atoms with Crippen molar-refractivity contribution < 1.29 is 9.21 Å². The summed E-state index contributed by atoms with van der Waals surface area (Å²) in [5, 5.41) is 4.48. The zero-order valence-corrected chi connectivity index (χ0v) is 21.1. The summed E-state index contributed by atoms with van der Waals surface area (Å²) in [5.74, 6) is -0.278. The van der Waals surface area contributed by atoms with Crippen molar-refractivity contribution in [3.8, 4) is 0 Å². The first-order chi connectivity index (χ1) is 17.6. The Hall–Kier alpha value is -3.57. The number of anilines is 2. The number of benzene rings is 3. The lowest BCUT2D eigenvalue weighted by atomic mass is 9.90. The monoisotopic (exact) mass is 497 g/mol. The standard InChI is InChI=1S/C30H28ClN3O2/c1-2-19-10-12-23(13-11-19)33-30-26(29(35)32-24-8-3-7-22(31)18-24)17-21-16-20-6-4-14-34-15-5-9-25(27(20)34)28(21)36-30/h3,7-8,10-13,16-18H,2,4-6,9,14-15H2,1H3,(H,32,35). The molecule has 0 aliphatic carbocycles. The lowest BCUT2D eigenvalue weighted by Crippen LogP contribution is -2.34. The quantitative estimate of drug-likeness (QED) is 0.336. The Bertz CT molecular complexity index is 1540. The third kappa shape index (κ3) is 4.28. The highest BCUT2D eigenvalue weighted by molar-refractivity contribution is 6.31. The molecule has 0 saturated carbocycles. The zero-order valence-electron chi connectivity index (χ0n) is 20.3. The Morgan fingerprint density at radius 2 is 1.86 bits per heavy atom. The van der Waals surface area contributed by atoms with E-state index >= 15 is 0 Å². The van der Waals surface area contributed by atoms with Gasteiger partial charge in [-0.3, -0.25) is 4.79 Å². The van der Waals surface area contributed by atoms with Crippen molar-refractivity contribution in [1.29, 1.82) is 0 Å². The van der Waals surface area contributed by atoms with Crippen molar-refractivity contribution in [3.63, 3.8) is 0 Å². The van der Waals surface area contributed by atoms with Crippen LogP contribution in [0.5, 0.6) is 0 Å². The molecule has 0 fully saturated rings. The van der Waals surface area contributed by atoms with Gasteiger partial charge in [-0.25, -0.2) is 4.99 Å². The summed E-state index contributed by atoms with van der Waals surface area (Å²) in [6, 6.07) is 19.3. The number of carbonyl (C=O) groups excluding carboxylic acids is 1. The highest BCUT2D eigenvalue weighted by atomic mass is 35.5. The summed E-state index contributed by atoms with van der Waals surface area (Å²) in [6.45, 7) is 4.30. The summed E-state index contributed by atoms with van der Waals surface area (Å²) in [7, 11) is 0. The van der Waals surface area contributed by atoms with Crippen LogP contribution in [0.1, 0.15) is 46.8 Å². The highest BCUT2D eigenvalue weighted by Crippen LogP contribution is 2.39. The Morgan fingerprint density at radius 1 is 1.06 bits per heavy atom. The molecule has 0 radical (unpaired) electrons. The Morgan fingerprint density at radius 3 is 2.64 bits per heavy atom. The Labute approximate surface area is 215 Å². The van der Waals surface area contributed by atoms with Crippen LogP contribution in [0, 0.1) is 0 Å². The van der Waals surface area contributed by atoms with Crippen molar-refractivity contribution in [1.82, 2.24) is 0 Å². The van der Waals surface area contributed by atoms with Crippen LogP contribution in [-0.2, 0) is 19.3 Å².